The van der Waals surface area contributed by atoms with Crippen LogP contribution in [0.2, 0.25) is 0 Å². The Hall–Kier alpha value is -1.94. The molecule has 0 N–H and O–H groups in total. The monoisotopic (exact) mass is 332 g/mol. The zero-order valence-corrected chi connectivity index (χ0v) is 13.9. The number of pyridine rings is 1. The van der Waals surface area contributed by atoms with E-state index in [1.807, 2.05) is 12.3 Å². The van der Waals surface area contributed by atoms with E-state index in [0.717, 1.165) is 22.5 Å². The van der Waals surface area contributed by atoms with Crippen LogP contribution in [0.1, 0.15) is 30.7 Å². The Bertz CT molecular complexity index is 743. The van der Waals surface area contributed by atoms with Crippen molar-refractivity contribution >= 4 is 23.2 Å². The highest BCUT2D eigenvalue weighted by Gasteiger charge is 2.39. The third-order valence-corrected chi connectivity index (χ3v) is 4.37. The topological polar surface area (TPSA) is 33.2 Å². The van der Waals surface area contributed by atoms with E-state index in [1.54, 1.807) is 17.0 Å². The molecule has 2 heterocycles. The number of amides is 1. The SMILES string of the molecule is CC1(C)CN(C(=O)CCl)c2cc(Cc3ccc(F)cc3)cnc21. The summed E-state index contributed by atoms with van der Waals surface area (Å²) in [5.41, 5.74) is 3.55. The minimum absolute atomic E-state index is 0.0439. The van der Waals surface area contributed by atoms with Crippen molar-refractivity contribution in [3.8, 4) is 0 Å². The Morgan fingerprint density at radius 3 is 2.65 bits per heavy atom. The molecule has 0 atom stereocenters. The van der Waals surface area contributed by atoms with E-state index in [9.17, 15) is 9.18 Å². The number of anilines is 1. The van der Waals surface area contributed by atoms with Crippen molar-refractivity contribution in [1.29, 1.82) is 0 Å². The molecule has 0 saturated carbocycles. The summed E-state index contributed by atoms with van der Waals surface area (Å²) < 4.78 is 13.0. The van der Waals surface area contributed by atoms with Crippen LogP contribution in [0, 0.1) is 5.82 Å². The van der Waals surface area contributed by atoms with E-state index < -0.39 is 0 Å². The Kier molecular flexibility index (Phi) is 4.11. The van der Waals surface area contributed by atoms with Crippen molar-refractivity contribution in [2.24, 2.45) is 0 Å². The molecular formula is C18H18ClFN2O. The number of benzene rings is 1. The van der Waals surface area contributed by atoms with Gasteiger partial charge in [0.1, 0.15) is 11.7 Å². The first kappa shape index (κ1) is 15.9. The van der Waals surface area contributed by atoms with Gasteiger partial charge in [-0.2, -0.15) is 0 Å². The van der Waals surface area contributed by atoms with Crippen LogP contribution in [0.3, 0.4) is 0 Å². The Labute approximate surface area is 140 Å². The smallest absolute Gasteiger partial charge is 0.241 e. The van der Waals surface area contributed by atoms with Crippen molar-refractivity contribution in [3.63, 3.8) is 0 Å². The molecule has 0 bridgehead atoms. The molecule has 1 aromatic carbocycles. The predicted octanol–water partition coefficient (Wildman–Crippen LogP) is 3.67. The Morgan fingerprint density at radius 2 is 2.00 bits per heavy atom. The number of fused-ring (bicyclic) bond motifs is 1. The van der Waals surface area contributed by atoms with Crippen LogP contribution in [0.5, 0.6) is 0 Å². The molecule has 0 spiro atoms. The van der Waals surface area contributed by atoms with E-state index >= 15 is 0 Å². The average molecular weight is 333 g/mol. The molecule has 2 aromatic rings. The quantitative estimate of drug-likeness (QED) is 0.803. The normalized spacial score (nSPS) is 15.6. The molecule has 3 rings (SSSR count). The lowest BCUT2D eigenvalue weighted by Gasteiger charge is -2.19. The second-order valence-electron chi connectivity index (χ2n) is 6.51. The summed E-state index contributed by atoms with van der Waals surface area (Å²) in [7, 11) is 0. The number of carbonyl (C=O) groups is 1. The largest absolute Gasteiger partial charge is 0.309 e. The molecule has 1 amide bonds. The number of rotatable bonds is 3. The van der Waals surface area contributed by atoms with Gasteiger partial charge in [0.2, 0.25) is 5.91 Å². The van der Waals surface area contributed by atoms with Gasteiger partial charge in [-0.3, -0.25) is 9.78 Å². The van der Waals surface area contributed by atoms with Crippen molar-refractivity contribution in [2.75, 3.05) is 17.3 Å². The first-order valence-corrected chi connectivity index (χ1v) is 8.04. The number of carbonyl (C=O) groups excluding carboxylic acids is 1. The zero-order chi connectivity index (χ0) is 16.6. The van der Waals surface area contributed by atoms with Gasteiger partial charge >= 0.3 is 0 Å². The van der Waals surface area contributed by atoms with Crippen LogP contribution in [0.15, 0.2) is 36.5 Å². The van der Waals surface area contributed by atoms with Gasteiger partial charge in [0.25, 0.3) is 0 Å². The van der Waals surface area contributed by atoms with Gasteiger partial charge in [-0.05, 0) is 35.7 Å². The molecule has 23 heavy (non-hydrogen) atoms. The molecule has 120 valence electrons. The van der Waals surface area contributed by atoms with E-state index in [4.69, 9.17) is 11.6 Å². The third kappa shape index (κ3) is 3.08. The van der Waals surface area contributed by atoms with Gasteiger partial charge in [-0.25, -0.2) is 4.39 Å². The van der Waals surface area contributed by atoms with Gasteiger partial charge in [-0.1, -0.05) is 26.0 Å². The number of hydrogen-bond acceptors (Lipinski definition) is 2. The Balaban J connectivity index is 1.94. The van der Waals surface area contributed by atoms with Crippen LogP contribution in [-0.4, -0.2) is 23.3 Å². The lowest BCUT2D eigenvalue weighted by Crippen LogP contribution is -2.34. The second kappa shape index (κ2) is 5.93. The second-order valence-corrected chi connectivity index (χ2v) is 6.78. The van der Waals surface area contributed by atoms with Crippen molar-refractivity contribution in [3.05, 3.63) is 59.2 Å². The van der Waals surface area contributed by atoms with Crippen LogP contribution >= 0.6 is 11.6 Å². The fourth-order valence-corrected chi connectivity index (χ4v) is 3.15. The van der Waals surface area contributed by atoms with Gasteiger partial charge in [0.05, 0.1) is 11.4 Å². The molecule has 1 aliphatic rings. The lowest BCUT2D eigenvalue weighted by molar-refractivity contribution is -0.116. The number of nitrogens with zero attached hydrogens (tertiary/aromatic N) is 2. The fraction of sp³-hybridized carbons (Fsp3) is 0.333. The van der Waals surface area contributed by atoms with Gasteiger partial charge in [-0.15, -0.1) is 11.6 Å². The maximum absolute atomic E-state index is 13.0. The molecule has 5 heteroatoms. The van der Waals surface area contributed by atoms with E-state index in [-0.39, 0.29) is 23.0 Å². The Morgan fingerprint density at radius 1 is 1.30 bits per heavy atom. The molecule has 0 radical (unpaired) electrons. The van der Waals surface area contributed by atoms with Crippen molar-refractivity contribution in [1.82, 2.24) is 4.98 Å². The van der Waals surface area contributed by atoms with E-state index in [2.05, 4.69) is 18.8 Å². The number of hydrogen-bond donors (Lipinski definition) is 0. The predicted molar refractivity (Wildman–Crippen MR) is 89.5 cm³/mol. The summed E-state index contributed by atoms with van der Waals surface area (Å²) >= 11 is 5.73. The standard InChI is InChI=1S/C18H18ClFN2O/c1-18(2)11-22(16(23)9-19)15-8-13(10-21-17(15)18)7-12-3-5-14(20)6-4-12/h3-6,8,10H,7,9,11H2,1-2H3. The highest BCUT2D eigenvalue weighted by molar-refractivity contribution is 6.29. The van der Waals surface area contributed by atoms with Crippen LogP contribution in [0.25, 0.3) is 0 Å². The van der Waals surface area contributed by atoms with Crippen LogP contribution < -0.4 is 4.90 Å². The maximum atomic E-state index is 13.0. The minimum atomic E-state index is -0.249. The summed E-state index contributed by atoms with van der Waals surface area (Å²) in [6.45, 7) is 4.72. The highest BCUT2D eigenvalue weighted by Crippen LogP contribution is 2.39. The minimum Gasteiger partial charge on any atom is -0.309 e. The highest BCUT2D eigenvalue weighted by atomic mass is 35.5. The van der Waals surface area contributed by atoms with Gasteiger partial charge < -0.3 is 4.90 Å². The number of halogens is 2. The number of alkyl halides is 1. The third-order valence-electron chi connectivity index (χ3n) is 4.15. The van der Waals surface area contributed by atoms with Gasteiger partial charge in [0.15, 0.2) is 0 Å². The lowest BCUT2D eigenvalue weighted by atomic mass is 9.91. The maximum Gasteiger partial charge on any atom is 0.241 e. The fourth-order valence-electron chi connectivity index (χ4n) is 3.01. The van der Waals surface area contributed by atoms with Crippen LogP contribution in [-0.2, 0) is 16.6 Å². The molecule has 1 aromatic heterocycles. The van der Waals surface area contributed by atoms with Crippen molar-refractivity contribution < 1.29 is 9.18 Å². The van der Waals surface area contributed by atoms with Crippen LogP contribution in [0.4, 0.5) is 10.1 Å². The summed E-state index contributed by atoms with van der Waals surface area (Å²) in [5.74, 6) is -0.404. The first-order valence-electron chi connectivity index (χ1n) is 7.51. The summed E-state index contributed by atoms with van der Waals surface area (Å²) in [4.78, 5) is 18.4. The summed E-state index contributed by atoms with van der Waals surface area (Å²) in [6, 6.07) is 8.40. The molecular weight excluding hydrogens is 315 g/mol. The molecule has 3 nitrogen and oxygen atoms in total. The molecule has 0 aliphatic carbocycles. The van der Waals surface area contributed by atoms with Crippen molar-refractivity contribution in [2.45, 2.75) is 25.7 Å². The number of aromatic nitrogens is 1. The average Bonchev–Trinajstić information content (AvgIpc) is 2.80. The molecule has 0 fully saturated rings. The van der Waals surface area contributed by atoms with E-state index in [1.165, 1.54) is 12.1 Å². The first-order chi connectivity index (χ1) is 10.9. The molecule has 0 unspecified atom stereocenters. The summed E-state index contributed by atoms with van der Waals surface area (Å²) in [6.07, 6.45) is 2.47. The van der Waals surface area contributed by atoms with Gasteiger partial charge in [0, 0.05) is 18.2 Å². The zero-order valence-electron chi connectivity index (χ0n) is 13.1. The molecule has 1 aliphatic heterocycles. The van der Waals surface area contributed by atoms with E-state index in [0.29, 0.717) is 13.0 Å². The molecule has 0 saturated heterocycles. The summed E-state index contributed by atoms with van der Waals surface area (Å²) in [5, 5.41) is 0.